The maximum atomic E-state index is 13.1. The van der Waals surface area contributed by atoms with Gasteiger partial charge in [-0.2, -0.15) is 5.10 Å². The van der Waals surface area contributed by atoms with Gasteiger partial charge in [-0.05, 0) is 49.8 Å². The van der Waals surface area contributed by atoms with Gasteiger partial charge in [0.05, 0.1) is 13.7 Å². The van der Waals surface area contributed by atoms with Crippen LogP contribution in [-0.4, -0.2) is 46.8 Å². The van der Waals surface area contributed by atoms with Gasteiger partial charge in [0.1, 0.15) is 5.75 Å². The molecule has 1 N–H and O–H groups in total. The molecule has 0 saturated carbocycles. The SMILES string of the molecule is C=CCn1nc(C(=O)N2CCCC2)c2c1CC[C@H](NCc1cccc(OC)c1)C2. The first-order valence-electron chi connectivity index (χ1n) is 10.5. The number of aromatic nitrogens is 2. The maximum absolute atomic E-state index is 13.1. The zero-order chi connectivity index (χ0) is 20.2. The summed E-state index contributed by atoms with van der Waals surface area (Å²) in [4.78, 5) is 15.0. The zero-order valence-corrected chi connectivity index (χ0v) is 17.2. The van der Waals surface area contributed by atoms with E-state index in [1.165, 1.54) is 11.3 Å². The Morgan fingerprint density at radius 1 is 1.38 bits per heavy atom. The number of allylic oxidation sites excluding steroid dienone is 1. The summed E-state index contributed by atoms with van der Waals surface area (Å²) in [5.41, 5.74) is 4.17. The first kappa shape index (κ1) is 19.7. The number of benzene rings is 1. The predicted molar refractivity (Wildman–Crippen MR) is 113 cm³/mol. The van der Waals surface area contributed by atoms with E-state index < -0.39 is 0 Å². The number of rotatable bonds is 7. The van der Waals surface area contributed by atoms with Gasteiger partial charge >= 0.3 is 0 Å². The Bertz CT molecular complexity index is 883. The highest BCUT2D eigenvalue weighted by Gasteiger charge is 2.31. The molecule has 0 unspecified atom stereocenters. The normalized spacial score (nSPS) is 18.5. The van der Waals surface area contributed by atoms with Crippen LogP contribution in [0, 0.1) is 0 Å². The molecule has 6 nitrogen and oxygen atoms in total. The molecular formula is C23H30N4O2. The lowest BCUT2D eigenvalue weighted by atomic mass is 9.91. The van der Waals surface area contributed by atoms with Crippen LogP contribution in [0.5, 0.6) is 5.75 Å². The Morgan fingerprint density at radius 3 is 2.97 bits per heavy atom. The first-order chi connectivity index (χ1) is 14.2. The summed E-state index contributed by atoms with van der Waals surface area (Å²) in [6.07, 6.45) is 6.84. The maximum Gasteiger partial charge on any atom is 0.274 e. The molecule has 2 aromatic rings. The van der Waals surface area contributed by atoms with E-state index in [2.05, 4.69) is 24.0 Å². The van der Waals surface area contributed by atoms with E-state index in [0.29, 0.717) is 18.3 Å². The molecule has 4 rings (SSSR count). The quantitative estimate of drug-likeness (QED) is 0.734. The highest BCUT2D eigenvalue weighted by Crippen LogP contribution is 2.27. The largest absolute Gasteiger partial charge is 0.497 e. The Hall–Kier alpha value is -2.60. The standard InChI is InChI=1S/C23H30N4O2/c1-3-11-27-21-10-9-18(24-16-17-7-6-8-19(14-17)29-2)15-20(21)22(25-27)23(28)26-12-4-5-13-26/h3,6-8,14,18,24H,1,4-5,9-13,15-16H2,2H3/t18-/m0/s1. The predicted octanol–water partition coefficient (Wildman–Crippen LogP) is 2.96. The van der Waals surface area contributed by atoms with Crippen LogP contribution in [0.4, 0.5) is 0 Å². The number of nitrogens with zero attached hydrogens (tertiary/aromatic N) is 3. The molecule has 2 heterocycles. The van der Waals surface area contributed by atoms with Crippen molar-refractivity contribution in [2.75, 3.05) is 20.2 Å². The molecule has 2 aliphatic rings. The monoisotopic (exact) mass is 394 g/mol. The Balaban J connectivity index is 1.50. The van der Waals surface area contributed by atoms with Crippen LogP contribution in [0.15, 0.2) is 36.9 Å². The second kappa shape index (κ2) is 8.82. The average Bonchev–Trinajstić information content (AvgIpc) is 3.41. The molecule has 0 spiro atoms. The molecule has 0 bridgehead atoms. The molecule has 1 atom stereocenters. The molecule has 1 saturated heterocycles. The van der Waals surface area contributed by atoms with Gasteiger partial charge in [-0.15, -0.1) is 6.58 Å². The third-order valence-corrected chi connectivity index (χ3v) is 5.97. The van der Waals surface area contributed by atoms with Gasteiger partial charge in [-0.1, -0.05) is 18.2 Å². The minimum absolute atomic E-state index is 0.0926. The number of amides is 1. The summed E-state index contributed by atoms with van der Waals surface area (Å²) >= 11 is 0. The summed E-state index contributed by atoms with van der Waals surface area (Å²) in [6.45, 7) is 6.98. The number of hydrogen-bond donors (Lipinski definition) is 1. The van der Waals surface area contributed by atoms with E-state index in [0.717, 1.165) is 63.1 Å². The smallest absolute Gasteiger partial charge is 0.274 e. The molecule has 1 fully saturated rings. The van der Waals surface area contributed by atoms with Gasteiger partial charge in [-0.25, -0.2) is 0 Å². The zero-order valence-electron chi connectivity index (χ0n) is 17.2. The molecule has 1 aromatic heterocycles. The number of carbonyl (C=O) groups excluding carboxylic acids is 1. The number of methoxy groups -OCH3 is 1. The number of hydrogen-bond acceptors (Lipinski definition) is 4. The highest BCUT2D eigenvalue weighted by molar-refractivity contribution is 5.94. The molecule has 154 valence electrons. The summed E-state index contributed by atoms with van der Waals surface area (Å²) in [5.74, 6) is 0.967. The Kier molecular flexibility index (Phi) is 6.00. The van der Waals surface area contributed by atoms with Crippen molar-refractivity contribution in [2.45, 2.75) is 51.2 Å². The van der Waals surface area contributed by atoms with Crippen LogP contribution in [0.25, 0.3) is 0 Å². The van der Waals surface area contributed by atoms with Gasteiger partial charge < -0.3 is 15.0 Å². The minimum atomic E-state index is 0.0926. The van der Waals surface area contributed by atoms with Crippen LogP contribution < -0.4 is 10.1 Å². The first-order valence-corrected chi connectivity index (χ1v) is 10.5. The fourth-order valence-electron chi connectivity index (χ4n) is 4.42. The van der Waals surface area contributed by atoms with Gasteiger partial charge in [0, 0.05) is 36.9 Å². The minimum Gasteiger partial charge on any atom is -0.497 e. The summed E-state index contributed by atoms with van der Waals surface area (Å²) < 4.78 is 7.30. The van der Waals surface area contributed by atoms with Crippen molar-refractivity contribution in [1.82, 2.24) is 20.0 Å². The van der Waals surface area contributed by atoms with Crippen molar-refractivity contribution in [3.63, 3.8) is 0 Å². The van der Waals surface area contributed by atoms with E-state index in [-0.39, 0.29) is 5.91 Å². The van der Waals surface area contributed by atoms with Crippen molar-refractivity contribution < 1.29 is 9.53 Å². The Labute approximate surface area is 172 Å². The van der Waals surface area contributed by atoms with Gasteiger partial charge in [0.25, 0.3) is 5.91 Å². The summed E-state index contributed by atoms with van der Waals surface area (Å²) in [6, 6.07) is 8.47. The van der Waals surface area contributed by atoms with E-state index in [4.69, 9.17) is 9.84 Å². The van der Waals surface area contributed by atoms with Crippen LogP contribution in [0.1, 0.15) is 46.6 Å². The number of fused-ring (bicyclic) bond motifs is 1. The molecular weight excluding hydrogens is 364 g/mol. The lowest BCUT2D eigenvalue weighted by Crippen LogP contribution is -2.35. The molecule has 6 heteroatoms. The van der Waals surface area contributed by atoms with Crippen LogP contribution in [0.2, 0.25) is 0 Å². The second-order valence-corrected chi connectivity index (χ2v) is 7.92. The number of carbonyl (C=O) groups is 1. The van der Waals surface area contributed by atoms with Crippen molar-refractivity contribution in [3.05, 3.63) is 59.4 Å². The van der Waals surface area contributed by atoms with Gasteiger partial charge in [0.15, 0.2) is 5.69 Å². The van der Waals surface area contributed by atoms with Gasteiger partial charge in [0.2, 0.25) is 0 Å². The fourth-order valence-corrected chi connectivity index (χ4v) is 4.42. The lowest BCUT2D eigenvalue weighted by molar-refractivity contribution is 0.0785. The number of nitrogens with one attached hydrogen (secondary N) is 1. The molecule has 1 amide bonds. The second-order valence-electron chi connectivity index (χ2n) is 7.92. The van der Waals surface area contributed by atoms with Crippen molar-refractivity contribution in [2.24, 2.45) is 0 Å². The number of likely N-dealkylation sites (tertiary alicyclic amines) is 1. The fraction of sp³-hybridized carbons (Fsp3) is 0.478. The Morgan fingerprint density at radius 2 is 2.21 bits per heavy atom. The summed E-state index contributed by atoms with van der Waals surface area (Å²) in [7, 11) is 1.69. The van der Waals surface area contributed by atoms with Gasteiger partial charge in [-0.3, -0.25) is 9.48 Å². The van der Waals surface area contributed by atoms with Crippen molar-refractivity contribution >= 4 is 5.91 Å². The van der Waals surface area contributed by atoms with E-state index in [9.17, 15) is 4.79 Å². The highest BCUT2D eigenvalue weighted by atomic mass is 16.5. The van der Waals surface area contributed by atoms with Crippen LogP contribution in [0.3, 0.4) is 0 Å². The molecule has 1 aromatic carbocycles. The van der Waals surface area contributed by atoms with E-state index >= 15 is 0 Å². The van der Waals surface area contributed by atoms with Crippen molar-refractivity contribution in [3.8, 4) is 5.75 Å². The number of ether oxygens (including phenoxy) is 1. The van der Waals surface area contributed by atoms with E-state index in [1.807, 2.05) is 27.8 Å². The molecule has 0 radical (unpaired) electrons. The molecule has 1 aliphatic carbocycles. The van der Waals surface area contributed by atoms with Crippen LogP contribution in [-0.2, 0) is 25.9 Å². The molecule has 1 aliphatic heterocycles. The lowest BCUT2D eigenvalue weighted by Gasteiger charge is -2.25. The topological polar surface area (TPSA) is 59.4 Å². The summed E-state index contributed by atoms with van der Waals surface area (Å²) in [5, 5.41) is 8.38. The van der Waals surface area contributed by atoms with Crippen LogP contribution >= 0.6 is 0 Å². The third-order valence-electron chi connectivity index (χ3n) is 5.97. The average molecular weight is 395 g/mol. The van der Waals surface area contributed by atoms with E-state index in [1.54, 1.807) is 7.11 Å². The third kappa shape index (κ3) is 4.22. The van der Waals surface area contributed by atoms with Crippen molar-refractivity contribution in [1.29, 1.82) is 0 Å². The molecule has 29 heavy (non-hydrogen) atoms.